The quantitative estimate of drug-likeness (QED) is 0.329. The molecule has 0 fully saturated rings. The zero-order valence-corrected chi connectivity index (χ0v) is 15.4. The van der Waals surface area contributed by atoms with E-state index in [1.165, 1.54) is 18.2 Å². The number of fused-ring (bicyclic) bond motifs is 1. The number of nitrogens with zero attached hydrogens (tertiary/aromatic N) is 2. The Bertz CT molecular complexity index is 984. The van der Waals surface area contributed by atoms with Crippen LogP contribution in [-0.4, -0.2) is 34.2 Å². The van der Waals surface area contributed by atoms with Crippen LogP contribution in [0.3, 0.4) is 0 Å². The minimum atomic E-state index is -0.697. The predicted octanol–water partition coefficient (Wildman–Crippen LogP) is 3.19. The summed E-state index contributed by atoms with van der Waals surface area (Å²) >= 11 is 0. The van der Waals surface area contributed by atoms with E-state index in [-0.39, 0.29) is 18.7 Å². The summed E-state index contributed by atoms with van der Waals surface area (Å²) in [4.78, 5) is 48.3. The van der Waals surface area contributed by atoms with E-state index in [0.717, 1.165) is 10.5 Å². The van der Waals surface area contributed by atoms with Gasteiger partial charge in [0.25, 0.3) is 17.5 Å². The van der Waals surface area contributed by atoms with Crippen LogP contribution in [0.4, 0.5) is 5.69 Å². The molecule has 1 aliphatic rings. The van der Waals surface area contributed by atoms with Crippen LogP contribution in [-0.2, 0) is 9.53 Å². The molecule has 1 aliphatic heterocycles. The minimum Gasteiger partial charge on any atom is -0.458 e. The lowest BCUT2D eigenvalue weighted by Gasteiger charge is -2.16. The molecule has 2 aromatic carbocycles. The highest BCUT2D eigenvalue weighted by atomic mass is 16.6. The molecule has 144 valence electrons. The highest BCUT2D eigenvalue weighted by Crippen LogP contribution is 2.25. The van der Waals surface area contributed by atoms with Gasteiger partial charge < -0.3 is 4.74 Å². The Hall–Kier alpha value is -3.55. The van der Waals surface area contributed by atoms with Crippen LogP contribution in [0.5, 0.6) is 0 Å². The summed E-state index contributed by atoms with van der Waals surface area (Å²) in [7, 11) is 0. The summed E-state index contributed by atoms with van der Waals surface area (Å²) in [6.07, 6.45) is -0.860. The molecule has 0 bridgehead atoms. The molecule has 28 heavy (non-hydrogen) atoms. The molecule has 8 nitrogen and oxygen atoms in total. The van der Waals surface area contributed by atoms with Gasteiger partial charge in [0.05, 0.1) is 22.5 Å². The van der Waals surface area contributed by atoms with Gasteiger partial charge in [0, 0.05) is 18.7 Å². The lowest BCUT2D eigenvalue weighted by atomic mass is 10.1. The number of esters is 1. The number of hydrogen-bond donors (Lipinski definition) is 0. The highest BCUT2D eigenvalue weighted by molar-refractivity contribution is 6.21. The van der Waals surface area contributed by atoms with Crippen molar-refractivity contribution in [1.29, 1.82) is 0 Å². The molecule has 0 N–H and O–H groups in total. The minimum absolute atomic E-state index is 0.0914. The van der Waals surface area contributed by atoms with E-state index in [9.17, 15) is 24.5 Å². The Morgan fingerprint density at radius 2 is 1.86 bits per heavy atom. The molecular formula is C20H18N2O6. The number of ether oxygens (including phenoxy) is 1. The fourth-order valence-electron chi connectivity index (χ4n) is 3.03. The predicted molar refractivity (Wildman–Crippen MR) is 98.8 cm³/mol. The summed E-state index contributed by atoms with van der Waals surface area (Å²) in [6, 6.07) is 10.8. The van der Waals surface area contributed by atoms with Crippen molar-refractivity contribution in [3.8, 4) is 0 Å². The molecule has 0 unspecified atom stereocenters. The summed E-state index contributed by atoms with van der Waals surface area (Å²) < 4.78 is 5.29. The maximum absolute atomic E-state index is 12.4. The zero-order chi connectivity index (χ0) is 20.4. The van der Waals surface area contributed by atoms with Crippen molar-refractivity contribution >= 4 is 23.5 Å². The molecule has 0 saturated heterocycles. The SMILES string of the molecule is Cc1ccc2c(c1)C(=O)N(CCC(=O)O[C@H](C)c1cccc([N+](=O)[O-])c1)C2=O. The maximum Gasteiger partial charge on any atom is 0.308 e. The molecule has 1 atom stereocenters. The van der Waals surface area contributed by atoms with Gasteiger partial charge in [-0.3, -0.25) is 29.4 Å². The first-order chi connectivity index (χ1) is 13.3. The van der Waals surface area contributed by atoms with Gasteiger partial charge in [0.2, 0.25) is 0 Å². The van der Waals surface area contributed by atoms with E-state index in [0.29, 0.717) is 16.7 Å². The lowest BCUT2D eigenvalue weighted by Crippen LogP contribution is -2.32. The number of imide groups is 1. The average Bonchev–Trinajstić information content (AvgIpc) is 2.90. The fraction of sp³-hybridized carbons (Fsp3) is 0.250. The Kier molecular flexibility index (Phi) is 5.21. The van der Waals surface area contributed by atoms with Gasteiger partial charge in [-0.25, -0.2) is 0 Å². The largest absolute Gasteiger partial charge is 0.458 e. The van der Waals surface area contributed by atoms with Gasteiger partial charge in [-0.05, 0) is 31.5 Å². The molecule has 0 spiro atoms. The number of non-ortho nitro benzene ring substituents is 1. The topological polar surface area (TPSA) is 107 Å². The zero-order valence-electron chi connectivity index (χ0n) is 15.4. The molecule has 8 heteroatoms. The number of rotatable bonds is 6. The summed E-state index contributed by atoms with van der Waals surface area (Å²) in [5.74, 6) is -1.46. The number of hydrogen-bond acceptors (Lipinski definition) is 6. The lowest BCUT2D eigenvalue weighted by molar-refractivity contribution is -0.385. The van der Waals surface area contributed by atoms with Crippen LogP contribution in [0.15, 0.2) is 42.5 Å². The first-order valence-corrected chi connectivity index (χ1v) is 8.68. The van der Waals surface area contributed by atoms with E-state index in [1.54, 1.807) is 31.2 Å². The first-order valence-electron chi connectivity index (χ1n) is 8.68. The van der Waals surface area contributed by atoms with Gasteiger partial charge in [-0.1, -0.05) is 23.8 Å². The number of aryl methyl sites for hydroxylation is 1. The van der Waals surface area contributed by atoms with Gasteiger partial charge >= 0.3 is 5.97 Å². The molecule has 0 saturated carbocycles. The molecule has 2 amide bonds. The molecule has 2 aromatic rings. The number of benzene rings is 2. The smallest absolute Gasteiger partial charge is 0.308 e. The number of amides is 2. The molecule has 0 aromatic heterocycles. The van der Waals surface area contributed by atoms with Crippen LogP contribution in [0.2, 0.25) is 0 Å². The Morgan fingerprint density at radius 3 is 2.57 bits per heavy atom. The van der Waals surface area contributed by atoms with Gasteiger partial charge in [0.1, 0.15) is 6.10 Å². The molecule has 1 heterocycles. The monoisotopic (exact) mass is 382 g/mol. The van der Waals surface area contributed by atoms with Crippen LogP contribution in [0, 0.1) is 17.0 Å². The van der Waals surface area contributed by atoms with Crippen molar-refractivity contribution < 1.29 is 24.0 Å². The summed E-state index contributed by atoms with van der Waals surface area (Å²) in [6.45, 7) is 3.33. The molecular weight excluding hydrogens is 364 g/mol. The van der Waals surface area contributed by atoms with Gasteiger partial charge in [-0.2, -0.15) is 0 Å². The second-order valence-electron chi connectivity index (χ2n) is 6.55. The standard InChI is InChI=1S/C20H18N2O6/c1-12-6-7-16-17(10-12)20(25)21(19(16)24)9-8-18(23)28-13(2)14-4-3-5-15(11-14)22(26)27/h3-7,10-11,13H,8-9H2,1-2H3/t13-/m1/s1. The van der Waals surface area contributed by atoms with Crippen LogP contribution in [0.25, 0.3) is 0 Å². The van der Waals surface area contributed by atoms with Crippen LogP contribution in [0.1, 0.15) is 51.3 Å². The van der Waals surface area contributed by atoms with E-state index >= 15 is 0 Å². The van der Waals surface area contributed by atoms with Crippen molar-refractivity contribution in [2.45, 2.75) is 26.4 Å². The second-order valence-corrected chi connectivity index (χ2v) is 6.55. The summed E-state index contributed by atoms with van der Waals surface area (Å²) in [5.41, 5.74) is 1.92. The van der Waals surface area contributed by atoms with Crippen LogP contribution < -0.4 is 0 Å². The van der Waals surface area contributed by atoms with Gasteiger partial charge in [0.15, 0.2) is 0 Å². The third kappa shape index (κ3) is 3.75. The van der Waals surface area contributed by atoms with Crippen molar-refractivity contribution in [3.05, 3.63) is 74.8 Å². The van der Waals surface area contributed by atoms with Crippen molar-refractivity contribution in [1.82, 2.24) is 4.90 Å². The number of nitro benzene ring substituents is 1. The number of carbonyl (C=O) groups excluding carboxylic acids is 3. The van der Waals surface area contributed by atoms with Crippen molar-refractivity contribution in [2.75, 3.05) is 6.54 Å². The van der Waals surface area contributed by atoms with E-state index in [2.05, 4.69) is 0 Å². The Labute approximate surface area is 160 Å². The summed E-state index contributed by atoms with van der Waals surface area (Å²) in [5, 5.41) is 10.9. The fourth-order valence-corrected chi connectivity index (χ4v) is 3.03. The Balaban J connectivity index is 1.60. The number of carbonyl (C=O) groups is 3. The number of nitro groups is 1. The maximum atomic E-state index is 12.4. The molecule has 0 aliphatic carbocycles. The Morgan fingerprint density at radius 1 is 1.14 bits per heavy atom. The van der Waals surface area contributed by atoms with Gasteiger partial charge in [-0.15, -0.1) is 0 Å². The first kappa shape index (κ1) is 19.2. The second kappa shape index (κ2) is 7.59. The van der Waals surface area contributed by atoms with E-state index in [4.69, 9.17) is 4.74 Å². The van der Waals surface area contributed by atoms with E-state index in [1.807, 2.05) is 6.92 Å². The molecule has 3 rings (SSSR count). The molecule has 0 radical (unpaired) electrons. The van der Waals surface area contributed by atoms with E-state index < -0.39 is 28.8 Å². The normalized spacial score (nSPS) is 14.0. The van der Waals surface area contributed by atoms with Crippen molar-refractivity contribution in [3.63, 3.8) is 0 Å². The third-order valence-electron chi connectivity index (χ3n) is 4.52. The average molecular weight is 382 g/mol. The van der Waals surface area contributed by atoms with Crippen LogP contribution >= 0.6 is 0 Å². The third-order valence-corrected chi connectivity index (χ3v) is 4.52. The highest BCUT2D eigenvalue weighted by Gasteiger charge is 2.35. The van der Waals surface area contributed by atoms with Crippen molar-refractivity contribution in [2.24, 2.45) is 0 Å².